The molecule has 0 aliphatic rings. The van der Waals surface area contributed by atoms with Gasteiger partial charge in [0.15, 0.2) is 0 Å². The van der Waals surface area contributed by atoms with Crippen LogP contribution in [0.25, 0.3) is 71.8 Å². The van der Waals surface area contributed by atoms with Gasteiger partial charge in [-0.25, -0.2) is 5.32 Å². The lowest BCUT2D eigenvalue weighted by Gasteiger charge is -2.26. The Morgan fingerprint density at radius 1 is 0.344 bits per heavy atom. The van der Waals surface area contributed by atoms with Gasteiger partial charge in [-0.05, 0) is 114 Å². The molecular formula is C59H42N5+. The van der Waals surface area contributed by atoms with Crippen LogP contribution in [0.5, 0.6) is 0 Å². The topological polar surface area (TPSA) is 29.0 Å². The van der Waals surface area contributed by atoms with Gasteiger partial charge in [0.05, 0.1) is 22.1 Å². The number of pyridine rings is 1. The highest BCUT2D eigenvalue weighted by atomic mass is 15.1. The van der Waals surface area contributed by atoms with Crippen LogP contribution in [0.3, 0.4) is 0 Å². The lowest BCUT2D eigenvalue weighted by Crippen LogP contribution is -2.33. The maximum absolute atomic E-state index is 3.74. The SMILES string of the molecule is c1ccc(Nc2cc3c4ccccc4n(-c4ccccc4)c3c[n+]2-c2ccc(-c3ccc(N(c4ccccc4)c4ccc5c(c4)c4ccccc4n5-c4ccccc4)cc3)cc2)cc1. The predicted molar refractivity (Wildman–Crippen MR) is 266 cm³/mol. The zero-order valence-electron chi connectivity index (χ0n) is 35.0. The van der Waals surface area contributed by atoms with Gasteiger partial charge in [-0.2, -0.15) is 4.57 Å². The number of para-hydroxylation sites is 6. The van der Waals surface area contributed by atoms with Gasteiger partial charge in [0.1, 0.15) is 17.6 Å². The van der Waals surface area contributed by atoms with E-state index in [0.29, 0.717) is 0 Å². The number of hydrogen-bond donors (Lipinski definition) is 1. The number of hydrogen-bond acceptors (Lipinski definition) is 2. The Balaban J connectivity index is 0.925. The third-order valence-corrected chi connectivity index (χ3v) is 12.4. The van der Waals surface area contributed by atoms with Crippen molar-refractivity contribution in [1.29, 1.82) is 0 Å². The highest BCUT2D eigenvalue weighted by molar-refractivity contribution is 6.11. The normalized spacial score (nSPS) is 11.4. The van der Waals surface area contributed by atoms with Crippen LogP contribution in [-0.2, 0) is 0 Å². The third-order valence-electron chi connectivity index (χ3n) is 12.4. The molecule has 9 aromatic carbocycles. The number of nitrogens with zero attached hydrogens (tertiary/aromatic N) is 4. The Bertz CT molecular complexity index is 3600. The van der Waals surface area contributed by atoms with Crippen molar-refractivity contribution in [1.82, 2.24) is 9.13 Å². The summed E-state index contributed by atoms with van der Waals surface area (Å²) in [6.45, 7) is 0. The van der Waals surface area contributed by atoms with Crippen LogP contribution in [0.1, 0.15) is 0 Å². The van der Waals surface area contributed by atoms with E-state index < -0.39 is 0 Å². The van der Waals surface area contributed by atoms with Crippen LogP contribution >= 0.6 is 0 Å². The molecule has 0 fully saturated rings. The molecule has 64 heavy (non-hydrogen) atoms. The molecule has 0 aliphatic carbocycles. The van der Waals surface area contributed by atoms with Gasteiger partial charge in [-0.15, -0.1) is 0 Å². The molecule has 12 aromatic rings. The van der Waals surface area contributed by atoms with Crippen LogP contribution in [0.15, 0.2) is 249 Å². The number of anilines is 5. The van der Waals surface area contributed by atoms with E-state index in [2.05, 4.69) is 267 Å². The average Bonchev–Trinajstić information content (AvgIpc) is 3.87. The summed E-state index contributed by atoms with van der Waals surface area (Å²) < 4.78 is 7.00. The quantitative estimate of drug-likeness (QED) is 0.147. The fourth-order valence-electron chi connectivity index (χ4n) is 9.39. The van der Waals surface area contributed by atoms with E-state index in [4.69, 9.17) is 0 Å². The highest BCUT2D eigenvalue weighted by Crippen LogP contribution is 2.40. The van der Waals surface area contributed by atoms with Crippen LogP contribution in [0, 0.1) is 0 Å². The minimum absolute atomic E-state index is 0.982. The van der Waals surface area contributed by atoms with Crippen molar-refractivity contribution in [2.45, 2.75) is 0 Å². The smallest absolute Gasteiger partial charge is 0.285 e. The molecule has 3 heterocycles. The monoisotopic (exact) mass is 820 g/mol. The summed E-state index contributed by atoms with van der Waals surface area (Å²) in [7, 11) is 0. The fourth-order valence-corrected chi connectivity index (χ4v) is 9.39. The molecule has 12 rings (SSSR count). The van der Waals surface area contributed by atoms with E-state index in [1.165, 1.54) is 38.1 Å². The maximum atomic E-state index is 3.74. The summed E-state index contributed by atoms with van der Waals surface area (Å²) in [5, 5.41) is 8.59. The molecule has 0 unspecified atom stereocenters. The maximum Gasteiger partial charge on any atom is 0.285 e. The second kappa shape index (κ2) is 15.7. The number of fused-ring (bicyclic) bond motifs is 6. The minimum atomic E-state index is 0.982. The molecule has 5 heteroatoms. The van der Waals surface area contributed by atoms with Crippen molar-refractivity contribution in [3.8, 4) is 28.2 Å². The third kappa shape index (κ3) is 6.46. The number of rotatable bonds is 9. The molecule has 302 valence electrons. The zero-order valence-corrected chi connectivity index (χ0v) is 35.0. The van der Waals surface area contributed by atoms with Gasteiger partial charge in [0, 0.05) is 56.0 Å². The molecule has 0 saturated carbocycles. The summed E-state index contributed by atoms with van der Waals surface area (Å²) in [6, 6.07) is 86.7. The largest absolute Gasteiger partial charge is 0.310 e. The second-order valence-electron chi connectivity index (χ2n) is 16.2. The van der Waals surface area contributed by atoms with Gasteiger partial charge in [-0.3, -0.25) is 0 Å². The first-order valence-corrected chi connectivity index (χ1v) is 21.8. The van der Waals surface area contributed by atoms with E-state index in [-0.39, 0.29) is 0 Å². The second-order valence-corrected chi connectivity index (χ2v) is 16.2. The van der Waals surface area contributed by atoms with Crippen molar-refractivity contribution in [3.63, 3.8) is 0 Å². The van der Waals surface area contributed by atoms with Crippen LogP contribution in [0.2, 0.25) is 0 Å². The Morgan fingerprint density at radius 3 is 1.41 bits per heavy atom. The molecule has 5 nitrogen and oxygen atoms in total. The summed E-state index contributed by atoms with van der Waals surface area (Å²) in [5.41, 5.74) is 14.7. The van der Waals surface area contributed by atoms with Crippen molar-refractivity contribution < 1.29 is 4.57 Å². The lowest BCUT2D eigenvalue weighted by atomic mass is 10.0. The number of aromatic nitrogens is 3. The molecule has 0 saturated heterocycles. The fraction of sp³-hybridized carbons (Fsp3) is 0. The van der Waals surface area contributed by atoms with E-state index in [0.717, 1.165) is 62.3 Å². The van der Waals surface area contributed by atoms with Gasteiger partial charge in [0.2, 0.25) is 0 Å². The summed E-state index contributed by atoms with van der Waals surface area (Å²) in [5.74, 6) is 0.982. The Kier molecular flexibility index (Phi) is 9.08. The first-order valence-electron chi connectivity index (χ1n) is 21.8. The number of benzene rings is 9. The molecular weight excluding hydrogens is 779 g/mol. The van der Waals surface area contributed by atoms with Crippen LogP contribution in [-0.4, -0.2) is 9.13 Å². The molecule has 0 amide bonds. The summed E-state index contributed by atoms with van der Waals surface area (Å²) >= 11 is 0. The van der Waals surface area contributed by atoms with E-state index >= 15 is 0 Å². The molecule has 3 aromatic heterocycles. The summed E-state index contributed by atoms with van der Waals surface area (Å²) in [4.78, 5) is 2.35. The molecule has 0 aliphatic heterocycles. The van der Waals surface area contributed by atoms with Crippen LogP contribution in [0.4, 0.5) is 28.6 Å². The van der Waals surface area contributed by atoms with Gasteiger partial charge in [-0.1, -0.05) is 133 Å². The average molecular weight is 821 g/mol. The standard InChI is InChI=1S/C59H41N5/c1-5-17-44(18-6-1)60-59-40-54-52-26-14-16-28-56(52)64(48-23-11-4-12-24-48)58(54)41-61(59)45-33-29-42(30-34-45)43-31-35-49(36-32-43)62(46-19-7-2-8-20-46)50-37-38-57-53(39-50)51-25-13-15-27-55(51)63(57)47-21-9-3-10-22-47/h1-41H/p+1. The van der Waals surface area contributed by atoms with Gasteiger partial charge < -0.3 is 14.0 Å². The first kappa shape index (κ1) is 37.1. The van der Waals surface area contributed by atoms with Gasteiger partial charge >= 0.3 is 0 Å². The van der Waals surface area contributed by atoms with Crippen molar-refractivity contribution in [2.75, 3.05) is 10.2 Å². The van der Waals surface area contributed by atoms with Crippen molar-refractivity contribution in [2.24, 2.45) is 0 Å². The zero-order chi connectivity index (χ0) is 42.4. The molecule has 0 radical (unpaired) electrons. The molecule has 0 spiro atoms. The van der Waals surface area contributed by atoms with Gasteiger partial charge in [0.25, 0.3) is 5.82 Å². The Morgan fingerprint density at radius 2 is 0.797 bits per heavy atom. The highest BCUT2D eigenvalue weighted by Gasteiger charge is 2.22. The van der Waals surface area contributed by atoms with Crippen molar-refractivity contribution in [3.05, 3.63) is 249 Å². The van der Waals surface area contributed by atoms with E-state index in [1.807, 2.05) is 6.07 Å². The summed E-state index contributed by atoms with van der Waals surface area (Å²) in [6.07, 6.45) is 2.27. The molecule has 1 N–H and O–H groups in total. The predicted octanol–water partition coefficient (Wildman–Crippen LogP) is 15.0. The lowest BCUT2D eigenvalue weighted by molar-refractivity contribution is -0.578. The first-order chi connectivity index (χ1) is 31.7. The minimum Gasteiger partial charge on any atom is -0.310 e. The molecule has 0 atom stereocenters. The van der Waals surface area contributed by atoms with E-state index in [1.54, 1.807) is 0 Å². The van der Waals surface area contributed by atoms with E-state index in [9.17, 15) is 0 Å². The van der Waals surface area contributed by atoms with Crippen molar-refractivity contribution >= 4 is 72.2 Å². The number of nitrogens with one attached hydrogen (secondary N) is 1. The Hall–Kier alpha value is -8.67. The molecule has 0 bridgehead atoms. The van der Waals surface area contributed by atoms with Crippen LogP contribution < -0.4 is 14.8 Å². The Labute approximate surface area is 371 Å².